The Morgan fingerprint density at radius 2 is 2.35 bits per heavy atom. The van der Waals surface area contributed by atoms with Crippen LogP contribution in [-0.2, 0) is 4.74 Å². The van der Waals surface area contributed by atoms with Gasteiger partial charge in [0.2, 0.25) is 0 Å². The van der Waals surface area contributed by atoms with Crippen LogP contribution < -0.4 is 0 Å². The molecule has 104 valence electrons. The van der Waals surface area contributed by atoms with Crippen molar-refractivity contribution in [3.8, 4) is 0 Å². The Bertz CT molecular complexity index is 597. The van der Waals surface area contributed by atoms with Crippen molar-refractivity contribution in [2.45, 2.75) is 13.0 Å². The number of ether oxygens (including phenoxy) is 1. The first-order valence-electron chi connectivity index (χ1n) is 6.57. The van der Waals surface area contributed by atoms with Crippen LogP contribution in [-0.4, -0.2) is 45.7 Å². The van der Waals surface area contributed by atoms with E-state index in [1.807, 2.05) is 24.0 Å². The van der Waals surface area contributed by atoms with Crippen molar-refractivity contribution in [3.63, 3.8) is 0 Å². The average Bonchev–Trinajstić information content (AvgIpc) is 3.01. The molecule has 2 aromatic heterocycles. The van der Waals surface area contributed by atoms with Crippen LogP contribution >= 0.6 is 0 Å². The summed E-state index contributed by atoms with van der Waals surface area (Å²) < 4.78 is 5.50. The van der Waals surface area contributed by atoms with Gasteiger partial charge in [-0.2, -0.15) is 5.10 Å². The fourth-order valence-electron chi connectivity index (χ4n) is 2.42. The molecule has 1 aliphatic rings. The standard InChI is InChI=1S/C14H16N4O2/c1-10-11(3-2-5-15-10)14(19)18-7-8-20-9-13(18)12-4-6-16-17-12/h2-6,13H,7-9H2,1H3,(H,16,17)/t13-/m1/s1. The SMILES string of the molecule is Cc1ncccc1C(=O)N1CCOC[C@@H]1c1ccn[nH]1. The van der Waals surface area contributed by atoms with Crippen LogP contribution in [0.15, 0.2) is 30.6 Å². The third-order valence-corrected chi connectivity index (χ3v) is 3.51. The van der Waals surface area contributed by atoms with Gasteiger partial charge in [-0.05, 0) is 25.1 Å². The van der Waals surface area contributed by atoms with E-state index in [1.165, 1.54) is 0 Å². The highest BCUT2D eigenvalue weighted by atomic mass is 16.5. The summed E-state index contributed by atoms with van der Waals surface area (Å²) in [6.45, 7) is 3.44. The van der Waals surface area contributed by atoms with E-state index in [0.29, 0.717) is 25.3 Å². The Morgan fingerprint density at radius 3 is 3.10 bits per heavy atom. The summed E-state index contributed by atoms with van der Waals surface area (Å²) in [5.41, 5.74) is 2.27. The third-order valence-electron chi connectivity index (χ3n) is 3.51. The first-order chi connectivity index (χ1) is 9.77. The van der Waals surface area contributed by atoms with E-state index in [1.54, 1.807) is 18.5 Å². The predicted molar refractivity (Wildman–Crippen MR) is 72.2 cm³/mol. The van der Waals surface area contributed by atoms with Crippen molar-refractivity contribution < 1.29 is 9.53 Å². The first-order valence-corrected chi connectivity index (χ1v) is 6.57. The van der Waals surface area contributed by atoms with Crippen LogP contribution in [0.2, 0.25) is 0 Å². The van der Waals surface area contributed by atoms with Crippen LogP contribution in [0.4, 0.5) is 0 Å². The molecule has 6 nitrogen and oxygen atoms in total. The van der Waals surface area contributed by atoms with E-state index in [2.05, 4.69) is 15.2 Å². The zero-order chi connectivity index (χ0) is 13.9. The Balaban J connectivity index is 1.90. The van der Waals surface area contributed by atoms with Gasteiger partial charge in [0.1, 0.15) is 0 Å². The van der Waals surface area contributed by atoms with Crippen molar-refractivity contribution in [1.29, 1.82) is 0 Å². The van der Waals surface area contributed by atoms with E-state index in [9.17, 15) is 4.79 Å². The Labute approximate surface area is 116 Å². The smallest absolute Gasteiger partial charge is 0.256 e. The largest absolute Gasteiger partial charge is 0.377 e. The summed E-state index contributed by atoms with van der Waals surface area (Å²) in [6.07, 6.45) is 3.37. The third kappa shape index (κ3) is 2.30. The molecule has 0 radical (unpaired) electrons. The molecule has 1 amide bonds. The number of hydrogen-bond acceptors (Lipinski definition) is 4. The van der Waals surface area contributed by atoms with Gasteiger partial charge in [0.05, 0.1) is 30.5 Å². The minimum Gasteiger partial charge on any atom is -0.377 e. The van der Waals surface area contributed by atoms with Gasteiger partial charge in [0, 0.05) is 24.6 Å². The summed E-state index contributed by atoms with van der Waals surface area (Å²) in [7, 11) is 0. The summed E-state index contributed by atoms with van der Waals surface area (Å²) >= 11 is 0. The van der Waals surface area contributed by atoms with Gasteiger partial charge in [-0.15, -0.1) is 0 Å². The average molecular weight is 272 g/mol. The summed E-state index contributed by atoms with van der Waals surface area (Å²) in [4.78, 5) is 18.7. The highest BCUT2D eigenvalue weighted by Crippen LogP contribution is 2.24. The van der Waals surface area contributed by atoms with Crippen LogP contribution in [0.5, 0.6) is 0 Å². The molecular weight excluding hydrogens is 256 g/mol. The number of H-pyrrole nitrogens is 1. The number of aromatic nitrogens is 3. The minimum atomic E-state index is -0.127. The van der Waals surface area contributed by atoms with Gasteiger partial charge in [0.25, 0.3) is 5.91 Å². The molecule has 0 saturated carbocycles. The molecule has 3 heterocycles. The molecule has 1 aliphatic heterocycles. The molecule has 0 aromatic carbocycles. The number of aromatic amines is 1. The number of hydrogen-bond donors (Lipinski definition) is 1. The molecular formula is C14H16N4O2. The van der Waals surface area contributed by atoms with Gasteiger partial charge in [-0.25, -0.2) is 0 Å². The van der Waals surface area contributed by atoms with Crippen molar-refractivity contribution in [2.24, 2.45) is 0 Å². The second kappa shape index (κ2) is 5.42. The number of carbonyl (C=O) groups is 1. The fourth-order valence-corrected chi connectivity index (χ4v) is 2.42. The Hall–Kier alpha value is -2.21. The highest BCUT2D eigenvalue weighted by Gasteiger charge is 2.30. The number of amides is 1. The predicted octanol–water partition coefficient (Wildman–Crippen LogP) is 1.33. The van der Waals surface area contributed by atoms with Crippen LogP contribution in [0.1, 0.15) is 27.8 Å². The Morgan fingerprint density at radius 1 is 1.45 bits per heavy atom. The second-order valence-corrected chi connectivity index (χ2v) is 4.74. The topological polar surface area (TPSA) is 71.1 Å². The van der Waals surface area contributed by atoms with Gasteiger partial charge >= 0.3 is 0 Å². The van der Waals surface area contributed by atoms with Crippen molar-refractivity contribution in [1.82, 2.24) is 20.1 Å². The fraction of sp³-hybridized carbons (Fsp3) is 0.357. The quantitative estimate of drug-likeness (QED) is 0.895. The molecule has 6 heteroatoms. The molecule has 1 atom stereocenters. The van der Waals surface area contributed by atoms with E-state index < -0.39 is 0 Å². The molecule has 20 heavy (non-hydrogen) atoms. The van der Waals surface area contributed by atoms with Crippen molar-refractivity contribution in [3.05, 3.63) is 47.5 Å². The zero-order valence-electron chi connectivity index (χ0n) is 11.2. The summed E-state index contributed by atoms with van der Waals surface area (Å²) in [6, 6.07) is 5.34. The maximum absolute atomic E-state index is 12.7. The van der Waals surface area contributed by atoms with Gasteiger partial charge in [-0.3, -0.25) is 14.9 Å². The molecule has 1 fully saturated rings. The summed E-state index contributed by atoms with van der Waals surface area (Å²) in [5.74, 6) is -0.0153. The number of pyridine rings is 1. The maximum Gasteiger partial charge on any atom is 0.256 e. The highest BCUT2D eigenvalue weighted by molar-refractivity contribution is 5.95. The minimum absolute atomic E-state index is 0.0153. The molecule has 0 aliphatic carbocycles. The number of rotatable bonds is 2. The zero-order valence-corrected chi connectivity index (χ0v) is 11.2. The van der Waals surface area contributed by atoms with E-state index in [-0.39, 0.29) is 11.9 Å². The van der Waals surface area contributed by atoms with Crippen LogP contribution in [0, 0.1) is 6.92 Å². The van der Waals surface area contributed by atoms with Crippen LogP contribution in [0.25, 0.3) is 0 Å². The van der Waals surface area contributed by atoms with E-state index in [4.69, 9.17) is 4.74 Å². The summed E-state index contributed by atoms with van der Waals surface area (Å²) in [5, 5.41) is 6.87. The number of morpholine rings is 1. The number of nitrogens with one attached hydrogen (secondary N) is 1. The van der Waals surface area contributed by atoms with Crippen molar-refractivity contribution in [2.75, 3.05) is 19.8 Å². The van der Waals surface area contributed by atoms with E-state index in [0.717, 1.165) is 11.4 Å². The monoisotopic (exact) mass is 272 g/mol. The number of carbonyl (C=O) groups excluding carboxylic acids is 1. The lowest BCUT2D eigenvalue weighted by Gasteiger charge is -2.35. The lowest BCUT2D eigenvalue weighted by atomic mass is 10.1. The normalized spacial score (nSPS) is 19.1. The molecule has 0 unspecified atom stereocenters. The lowest BCUT2D eigenvalue weighted by Crippen LogP contribution is -2.43. The van der Waals surface area contributed by atoms with Crippen molar-refractivity contribution >= 4 is 5.91 Å². The molecule has 1 N–H and O–H groups in total. The Kier molecular flexibility index (Phi) is 3.47. The molecule has 3 rings (SSSR count). The van der Waals surface area contributed by atoms with Gasteiger partial charge in [-0.1, -0.05) is 0 Å². The number of aryl methyl sites for hydroxylation is 1. The molecule has 2 aromatic rings. The molecule has 1 saturated heterocycles. The van der Waals surface area contributed by atoms with E-state index >= 15 is 0 Å². The van der Waals surface area contributed by atoms with Gasteiger partial charge in [0.15, 0.2) is 0 Å². The van der Waals surface area contributed by atoms with Gasteiger partial charge < -0.3 is 9.64 Å². The second-order valence-electron chi connectivity index (χ2n) is 4.74. The molecule has 0 bridgehead atoms. The first kappa shape index (κ1) is 12.8. The maximum atomic E-state index is 12.7. The molecule has 0 spiro atoms. The lowest BCUT2D eigenvalue weighted by molar-refractivity contribution is -0.00397. The van der Waals surface area contributed by atoms with Crippen LogP contribution in [0.3, 0.4) is 0 Å². The number of nitrogens with zero attached hydrogens (tertiary/aromatic N) is 3.